The van der Waals surface area contributed by atoms with Crippen LogP contribution in [0, 0.1) is 0 Å². The van der Waals surface area contributed by atoms with E-state index in [1.807, 2.05) is 12.1 Å². The summed E-state index contributed by atoms with van der Waals surface area (Å²) in [4.78, 5) is 13.6. The largest absolute Gasteiger partial charge is 0.606 e. The zero-order valence-corrected chi connectivity index (χ0v) is 13.2. The van der Waals surface area contributed by atoms with E-state index in [1.54, 1.807) is 38.3 Å². The lowest BCUT2D eigenvalue weighted by Crippen LogP contribution is -2.19. The number of esters is 1. The molecule has 0 amide bonds. The number of methoxy groups -OCH3 is 1. The highest BCUT2D eigenvalue weighted by Crippen LogP contribution is 2.37. The highest BCUT2D eigenvalue weighted by atomic mass is 32.2. The highest BCUT2D eigenvalue weighted by Gasteiger charge is 2.32. The van der Waals surface area contributed by atoms with Gasteiger partial charge in [0.2, 0.25) is 0 Å². The molecule has 0 saturated carbocycles. The Labute approximate surface area is 132 Å². The molecule has 1 heterocycles. The number of benzene rings is 2. The van der Waals surface area contributed by atoms with E-state index in [-0.39, 0.29) is 5.97 Å². The van der Waals surface area contributed by atoms with Crippen molar-refractivity contribution in [2.45, 2.75) is 23.1 Å². The molecule has 1 atom stereocenters. The van der Waals surface area contributed by atoms with Gasteiger partial charge in [0.05, 0.1) is 19.3 Å². The molecular weight excluding hydrogens is 300 g/mol. The Hall–Kier alpha value is -1.98. The van der Waals surface area contributed by atoms with Crippen molar-refractivity contribution in [2.24, 2.45) is 0 Å². The summed E-state index contributed by atoms with van der Waals surface area (Å²) in [6, 6.07) is 10.8. The molecule has 4 nitrogen and oxygen atoms in total. The van der Waals surface area contributed by atoms with Gasteiger partial charge in [-0.25, -0.2) is 4.79 Å². The number of hydrogen-bond donors (Lipinski definition) is 0. The minimum absolute atomic E-state index is 0.315. The molecule has 5 heteroatoms. The molecule has 0 bridgehead atoms. The second kappa shape index (κ2) is 6.02. The van der Waals surface area contributed by atoms with Gasteiger partial charge < -0.3 is 14.0 Å². The molecule has 3 rings (SSSR count). The first kappa shape index (κ1) is 14.9. The lowest BCUT2D eigenvalue weighted by molar-refractivity contribution is 0.0525. The van der Waals surface area contributed by atoms with E-state index in [1.165, 1.54) is 0 Å². The third-order valence-electron chi connectivity index (χ3n) is 3.66. The van der Waals surface area contributed by atoms with E-state index in [9.17, 15) is 9.35 Å². The molecule has 0 fully saturated rings. The fraction of sp³-hybridized carbons (Fsp3) is 0.235. The monoisotopic (exact) mass is 316 g/mol. The summed E-state index contributed by atoms with van der Waals surface area (Å²) in [5, 5.41) is 0. The molecule has 1 unspecified atom stereocenters. The third-order valence-corrected chi connectivity index (χ3v) is 5.24. The maximum atomic E-state index is 12.8. The molecular formula is C17H16O4S. The SMILES string of the molecule is CCOC(=O)c1cccc2c1Cc1cc(OC)ccc1[S+]2[O-]. The molecule has 2 aromatic rings. The quantitative estimate of drug-likeness (QED) is 0.645. The summed E-state index contributed by atoms with van der Waals surface area (Å²) in [6.07, 6.45) is 0.544. The lowest BCUT2D eigenvalue weighted by atomic mass is 9.99. The summed E-state index contributed by atoms with van der Waals surface area (Å²) < 4.78 is 23.1. The number of ether oxygens (including phenoxy) is 2. The summed E-state index contributed by atoms with van der Waals surface area (Å²) in [6.45, 7) is 2.08. The standard InChI is InChI=1S/C17H16O4S/c1-3-21-17(18)13-5-4-6-16-14(13)10-11-9-12(20-2)7-8-15(11)22(16)19/h4-9H,3,10H2,1-2H3. The molecule has 1 aliphatic heterocycles. The molecule has 0 aliphatic carbocycles. The van der Waals surface area contributed by atoms with Gasteiger partial charge in [0.25, 0.3) is 0 Å². The highest BCUT2D eigenvalue weighted by molar-refractivity contribution is 7.91. The van der Waals surface area contributed by atoms with Crippen LogP contribution in [-0.4, -0.2) is 24.2 Å². The summed E-state index contributed by atoms with van der Waals surface area (Å²) >= 11 is -1.29. The van der Waals surface area contributed by atoms with Crippen LogP contribution in [0.4, 0.5) is 0 Å². The van der Waals surface area contributed by atoms with Crippen molar-refractivity contribution < 1.29 is 18.8 Å². The zero-order valence-electron chi connectivity index (χ0n) is 12.4. The molecule has 2 aromatic carbocycles. The predicted molar refractivity (Wildman–Crippen MR) is 82.9 cm³/mol. The van der Waals surface area contributed by atoms with E-state index in [0.29, 0.717) is 29.2 Å². The van der Waals surface area contributed by atoms with Crippen molar-refractivity contribution in [3.63, 3.8) is 0 Å². The Kier molecular flexibility index (Phi) is 4.09. The minimum atomic E-state index is -1.29. The molecule has 1 aliphatic rings. The average Bonchev–Trinajstić information content (AvgIpc) is 2.54. The number of hydrogen-bond acceptors (Lipinski definition) is 4. The Balaban J connectivity index is 2.09. The van der Waals surface area contributed by atoms with Crippen LogP contribution in [0.5, 0.6) is 5.75 Å². The number of rotatable bonds is 3. The molecule has 0 N–H and O–H groups in total. The van der Waals surface area contributed by atoms with Gasteiger partial charge in [-0.2, -0.15) is 0 Å². The van der Waals surface area contributed by atoms with E-state index in [0.717, 1.165) is 16.0 Å². The van der Waals surface area contributed by atoms with Crippen molar-refractivity contribution in [3.05, 3.63) is 53.1 Å². The Morgan fingerprint density at radius 1 is 1.27 bits per heavy atom. The second-order valence-corrected chi connectivity index (χ2v) is 6.34. The van der Waals surface area contributed by atoms with Crippen LogP contribution in [0.25, 0.3) is 0 Å². The summed E-state index contributed by atoms with van der Waals surface area (Å²) in [7, 11) is 1.60. The minimum Gasteiger partial charge on any atom is -0.606 e. The first-order chi connectivity index (χ1) is 10.7. The molecule has 22 heavy (non-hydrogen) atoms. The van der Waals surface area contributed by atoms with E-state index in [2.05, 4.69) is 0 Å². The van der Waals surface area contributed by atoms with Crippen LogP contribution >= 0.6 is 0 Å². The fourth-order valence-corrected chi connectivity index (χ4v) is 4.04. The van der Waals surface area contributed by atoms with Crippen molar-refractivity contribution in [3.8, 4) is 5.75 Å². The van der Waals surface area contributed by atoms with Crippen LogP contribution in [-0.2, 0) is 22.3 Å². The smallest absolute Gasteiger partial charge is 0.338 e. The topological polar surface area (TPSA) is 58.6 Å². The second-order valence-electron chi connectivity index (χ2n) is 4.92. The van der Waals surface area contributed by atoms with Gasteiger partial charge in [0, 0.05) is 28.7 Å². The molecule has 114 valence electrons. The van der Waals surface area contributed by atoms with Crippen LogP contribution in [0.3, 0.4) is 0 Å². The van der Waals surface area contributed by atoms with Crippen LogP contribution in [0.15, 0.2) is 46.2 Å². The molecule has 0 radical (unpaired) electrons. The maximum absolute atomic E-state index is 12.8. The van der Waals surface area contributed by atoms with Crippen LogP contribution < -0.4 is 4.74 Å². The van der Waals surface area contributed by atoms with Gasteiger partial charge in [-0.15, -0.1) is 0 Å². The Bertz CT molecular complexity index is 727. The van der Waals surface area contributed by atoms with Crippen LogP contribution in [0.1, 0.15) is 28.4 Å². The lowest BCUT2D eigenvalue weighted by Gasteiger charge is -2.23. The van der Waals surface area contributed by atoms with E-state index < -0.39 is 11.2 Å². The normalized spacial score (nSPS) is 15.7. The van der Waals surface area contributed by atoms with E-state index in [4.69, 9.17) is 9.47 Å². The zero-order chi connectivity index (χ0) is 15.7. The average molecular weight is 316 g/mol. The van der Waals surface area contributed by atoms with Gasteiger partial charge in [-0.3, -0.25) is 0 Å². The fourth-order valence-electron chi connectivity index (χ4n) is 2.63. The van der Waals surface area contributed by atoms with Gasteiger partial charge in [0.1, 0.15) is 5.75 Å². The van der Waals surface area contributed by atoms with Crippen molar-refractivity contribution in [1.82, 2.24) is 0 Å². The Morgan fingerprint density at radius 3 is 2.82 bits per heavy atom. The summed E-state index contributed by atoms with van der Waals surface area (Å²) in [5.41, 5.74) is 2.18. The maximum Gasteiger partial charge on any atom is 0.338 e. The van der Waals surface area contributed by atoms with Gasteiger partial charge >= 0.3 is 5.97 Å². The summed E-state index contributed by atoms with van der Waals surface area (Å²) in [5.74, 6) is 0.343. The van der Waals surface area contributed by atoms with Gasteiger partial charge in [-0.1, -0.05) is 6.07 Å². The van der Waals surface area contributed by atoms with Crippen molar-refractivity contribution in [1.29, 1.82) is 0 Å². The Morgan fingerprint density at radius 2 is 2.09 bits per heavy atom. The number of fused-ring (bicyclic) bond motifs is 2. The molecule has 0 aromatic heterocycles. The number of carbonyl (C=O) groups is 1. The first-order valence-electron chi connectivity index (χ1n) is 7.03. The van der Waals surface area contributed by atoms with Gasteiger partial charge in [0.15, 0.2) is 9.79 Å². The number of carbonyl (C=O) groups excluding carboxylic acids is 1. The first-order valence-corrected chi connectivity index (χ1v) is 8.18. The van der Waals surface area contributed by atoms with Gasteiger partial charge in [-0.05, 0) is 37.3 Å². The van der Waals surface area contributed by atoms with Crippen LogP contribution in [0.2, 0.25) is 0 Å². The predicted octanol–water partition coefficient (Wildman–Crippen LogP) is 2.94. The van der Waals surface area contributed by atoms with E-state index >= 15 is 0 Å². The van der Waals surface area contributed by atoms with Crippen molar-refractivity contribution in [2.75, 3.05) is 13.7 Å². The molecule has 0 spiro atoms. The molecule has 0 saturated heterocycles. The van der Waals surface area contributed by atoms with Crippen molar-refractivity contribution >= 4 is 17.1 Å². The third kappa shape index (κ3) is 2.46.